The second-order valence-corrected chi connectivity index (χ2v) is 12.7. The zero-order chi connectivity index (χ0) is 35.7. The van der Waals surface area contributed by atoms with Gasteiger partial charge in [0.2, 0.25) is 23.3 Å². The number of benzene rings is 2. The predicted molar refractivity (Wildman–Crippen MR) is 183 cm³/mol. The molecule has 4 amide bonds. The SMILES string of the molecule is COc1cc(CNC(=O)C(=O)[C@@H]2CCCN2C(=O)CNC(=O)c2ccnc3c(NC(=O)CCC[N+](C)(C)C)cccc23)cc(OC)c1OC. The molecule has 1 atom stereocenters. The Balaban J connectivity index is 1.36. The molecule has 1 aliphatic heterocycles. The molecule has 2 aromatic carbocycles. The number of nitrogens with one attached hydrogen (secondary N) is 3. The van der Waals surface area contributed by atoms with E-state index in [0.29, 0.717) is 58.7 Å². The van der Waals surface area contributed by atoms with Crippen molar-refractivity contribution in [2.45, 2.75) is 38.3 Å². The van der Waals surface area contributed by atoms with E-state index < -0.39 is 29.5 Å². The number of anilines is 1. The molecule has 1 saturated heterocycles. The number of hydrogen-bond donors (Lipinski definition) is 3. The van der Waals surface area contributed by atoms with Gasteiger partial charge in [-0.2, -0.15) is 0 Å². The third-order valence-corrected chi connectivity index (χ3v) is 8.20. The number of ketones is 1. The number of para-hydroxylation sites is 1. The number of carbonyl (C=O) groups is 5. The Morgan fingerprint density at radius 1 is 0.959 bits per heavy atom. The number of carbonyl (C=O) groups excluding carboxylic acids is 5. The Kier molecular flexibility index (Phi) is 12.1. The summed E-state index contributed by atoms with van der Waals surface area (Å²) in [5, 5.41) is 8.67. The third-order valence-electron chi connectivity index (χ3n) is 8.20. The number of quaternary nitrogens is 1. The lowest BCUT2D eigenvalue weighted by atomic mass is 10.1. The Hall–Kier alpha value is -5.24. The maximum absolute atomic E-state index is 13.3. The molecule has 14 nitrogen and oxygen atoms in total. The van der Waals surface area contributed by atoms with Crippen molar-refractivity contribution < 1.29 is 42.7 Å². The molecule has 0 aliphatic carbocycles. The van der Waals surface area contributed by atoms with E-state index in [9.17, 15) is 24.0 Å². The van der Waals surface area contributed by atoms with Gasteiger partial charge in [0.05, 0.1) is 72.3 Å². The summed E-state index contributed by atoms with van der Waals surface area (Å²) in [6, 6.07) is 9.09. The molecule has 0 radical (unpaired) electrons. The standard InChI is InChI=1S/C35H44N6O8/c1-41(2,3)17-9-13-29(42)39-25-11-7-10-23-24(14-15-36-31(23)25)34(45)38-21-30(43)40-16-8-12-26(40)32(44)35(46)37-20-22-18-27(47-4)33(49-6)28(19-22)48-5/h7,10-11,14-15,18-19,26H,8-9,12-13,16-17,20-21H2,1-6H3,(H2-,37,38,39,42,45,46)/p+1/t26-/m0/s1. The number of ether oxygens (including phenoxy) is 3. The number of hydrogen-bond acceptors (Lipinski definition) is 9. The van der Waals surface area contributed by atoms with Crippen molar-refractivity contribution in [3.05, 3.63) is 53.7 Å². The van der Waals surface area contributed by atoms with Crippen molar-refractivity contribution in [3.63, 3.8) is 0 Å². The van der Waals surface area contributed by atoms with Crippen LogP contribution in [0.15, 0.2) is 42.6 Å². The van der Waals surface area contributed by atoms with Crippen molar-refractivity contribution in [3.8, 4) is 17.2 Å². The maximum atomic E-state index is 13.3. The van der Waals surface area contributed by atoms with Crippen molar-refractivity contribution in [2.24, 2.45) is 0 Å². The van der Waals surface area contributed by atoms with E-state index in [1.54, 1.807) is 30.3 Å². The van der Waals surface area contributed by atoms with Crippen LogP contribution in [0, 0.1) is 0 Å². The van der Waals surface area contributed by atoms with Gasteiger partial charge in [0, 0.05) is 37.5 Å². The van der Waals surface area contributed by atoms with E-state index in [4.69, 9.17) is 14.2 Å². The number of Topliss-reactive ketones (excluding diaryl/α,β-unsaturated/α-hetero) is 1. The molecule has 1 aromatic heterocycles. The maximum Gasteiger partial charge on any atom is 0.289 e. The zero-order valence-corrected chi connectivity index (χ0v) is 28.9. The fraction of sp³-hybridized carbons (Fsp3) is 0.429. The molecule has 0 unspecified atom stereocenters. The van der Waals surface area contributed by atoms with Crippen LogP contribution in [-0.4, -0.2) is 112 Å². The first-order valence-corrected chi connectivity index (χ1v) is 16.0. The quantitative estimate of drug-likeness (QED) is 0.162. The molecular weight excluding hydrogens is 632 g/mol. The number of aromatic nitrogens is 1. The highest BCUT2D eigenvalue weighted by Gasteiger charge is 2.37. The fourth-order valence-electron chi connectivity index (χ4n) is 5.75. The van der Waals surface area contributed by atoms with E-state index in [0.717, 1.165) is 17.4 Å². The largest absolute Gasteiger partial charge is 0.493 e. The van der Waals surface area contributed by atoms with Crippen molar-refractivity contribution in [1.82, 2.24) is 20.5 Å². The van der Waals surface area contributed by atoms with Gasteiger partial charge in [0.1, 0.15) is 6.04 Å². The second-order valence-electron chi connectivity index (χ2n) is 12.7. The number of nitrogens with zero attached hydrogens (tertiary/aromatic N) is 3. The molecule has 1 fully saturated rings. The minimum Gasteiger partial charge on any atom is -0.493 e. The van der Waals surface area contributed by atoms with Gasteiger partial charge >= 0.3 is 0 Å². The topological polar surface area (TPSA) is 165 Å². The van der Waals surface area contributed by atoms with Crippen LogP contribution in [0.25, 0.3) is 10.9 Å². The van der Waals surface area contributed by atoms with E-state index >= 15 is 0 Å². The molecule has 262 valence electrons. The number of pyridine rings is 1. The molecular formula is C35H45N6O8+. The lowest BCUT2D eigenvalue weighted by Gasteiger charge is -2.23. The first-order valence-electron chi connectivity index (χ1n) is 16.0. The fourth-order valence-corrected chi connectivity index (χ4v) is 5.75. The van der Waals surface area contributed by atoms with Gasteiger partial charge in [-0.3, -0.25) is 29.0 Å². The Morgan fingerprint density at radius 2 is 1.67 bits per heavy atom. The first kappa shape index (κ1) is 36.6. The van der Waals surface area contributed by atoms with Crippen LogP contribution in [0.1, 0.15) is 41.6 Å². The van der Waals surface area contributed by atoms with Crippen LogP contribution >= 0.6 is 0 Å². The van der Waals surface area contributed by atoms with Gasteiger partial charge in [0.25, 0.3) is 11.8 Å². The van der Waals surface area contributed by atoms with E-state index in [2.05, 4.69) is 42.1 Å². The molecule has 3 aromatic rings. The predicted octanol–water partition coefficient (Wildman–Crippen LogP) is 2.29. The van der Waals surface area contributed by atoms with Gasteiger partial charge < -0.3 is 39.5 Å². The van der Waals surface area contributed by atoms with E-state index in [1.165, 1.54) is 38.5 Å². The third kappa shape index (κ3) is 9.22. The van der Waals surface area contributed by atoms with Gasteiger partial charge in [-0.25, -0.2) is 0 Å². The average molecular weight is 678 g/mol. The first-order chi connectivity index (χ1) is 23.4. The molecule has 0 saturated carbocycles. The Bertz CT molecular complexity index is 1690. The molecule has 0 bridgehead atoms. The van der Waals surface area contributed by atoms with Crippen LogP contribution < -0.4 is 30.2 Å². The van der Waals surface area contributed by atoms with Crippen LogP contribution in [-0.2, 0) is 25.7 Å². The van der Waals surface area contributed by atoms with Crippen molar-refractivity contribution in [2.75, 3.05) is 67.4 Å². The summed E-state index contributed by atoms with van der Waals surface area (Å²) in [7, 11) is 10.6. The highest BCUT2D eigenvalue weighted by atomic mass is 16.5. The molecule has 49 heavy (non-hydrogen) atoms. The lowest BCUT2D eigenvalue weighted by Crippen LogP contribution is -2.49. The monoisotopic (exact) mass is 677 g/mol. The number of fused-ring (bicyclic) bond motifs is 1. The number of amides is 4. The van der Waals surface area contributed by atoms with Crippen LogP contribution in [0.3, 0.4) is 0 Å². The smallest absolute Gasteiger partial charge is 0.289 e. The summed E-state index contributed by atoms with van der Waals surface area (Å²) in [4.78, 5) is 70.8. The van der Waals surface area contributed by atoms with E-state index in [1.807, 2.05) is 0 Å². The minimum absolute atomic E-state index is 0.0138. The van der Waals surface area contributed by atoms with Gasteiger partial charge in [-0.1, -0.05) is 12.1 Å². The summed E-state index contributed by atoms with van der Waals surface area (Å²) < 4.78 is 16.8. The molecule has 1 aliphatic rings. The Labute approximate surface area is 285 Å². The normalized spacial score (nSPS) is 14.2. The summed E-state index contributed by atoms with van der Waals surface area (Å²) in [5.74, 6) is -1.51. The number of rotatable bonds is 15. The second kappa shape index (κ2) is 16.2. The van der Waals surface area contributed by atoms with Gasteiger partial charge in [-0.05, 0) is 42.7 Å². The Morgan fingerprint density at radius 3 is 2.33 bits per heavy atom. The van der Waals surface area contributed by atoms with Crippen molar-refractivity contribution in [1.29, 1.82) is 0 Å². The molecule has 2 heterocycles. The molecule has 3 N–H and O–H groups in total. The summed E-state index contributed by atoms with van der Waals surface area (Å²) in [6.45, 7) is 0.768. The van der Waals surface area contributed by atoms with Crippen LogP contribution in [0.2, 0.25) is 0 Å². The number of likely N-dealkylation sites (tertiary alicyclic amines) is 1. The van der Waals surface area contributed by atoms with Gasteiger partial charge in [0.15, 0.2) is 11.5 Å². The molecule has 4 rings (SSSR count). The van der Waals surface area contributed by atoms with E-state index in [-0.39, 0.29) is 31.1 Å². The number of methoxy groups -OCH3 is 3. The molecule has 0 spiro atoms. The van der Waals surface area contributed by atoms with Crippen LogP contribution in [0.4, 0.5) is 5.69 Å². The van der Waals surface area contributed by atoms with Crippen molar-refractivity contribution >= 4 is 46.0 Å². The average Bonchev–Trinajstić information content (AvgIpc) is 3.58. The highest BCUT2D eigenvalue weighted by Crippen LogP contribution is 2.38. The summed E-state index contributed by atoms with van der Waals surface area (Å²) in [5.41, 5.74) is 1.83. The molecule has 14 heteroatoms. The van der Waals surface area contributed by atoms with Crippen LogP contribution in [0.5, 0.6) is 17.2 Å². The summed E-state index contributed by atoms with van der Waals surface area (Å²) >= 11 is 0. The summed E-state index contributed by atoms with van der Waals surface area (Å²) in [6.07, 6.45) is 3.41. The van der Waals surface area contributed by atoms with Gasteiger partial charge in [-0.15, -0.1) is 0 Å². The zero-order valence-electron chi connectivity index (χ0n) is 28.9. The minimum atomic E-state index is -0.945. The highest BCUT2D eigenvalue weighted by molar-refractivity contribution is 6.38. The lowest BCUT2D eigenvalue weighted by molar-refractivity contribution is -0.870.